The highest BCUT2D eigenvalue weighted by atomic mass is 16.6. The van der Waals surface area contributed by atoms with E-state index in [-0.39, 0.29) is 12.2 Å². The molecule has 4 aliphatic heterocycles. The third-order valence-corrected chi connectivity index (χ3v) is 7.91. The normalized spacial score (nSPS) is 38.3. The van der Waals surface area contributed by atoms with Crippen LogP contribution in [-0.2, 0) is 41.6 Å². The molecule has 8 atom stereocenters. The molecule has 5 rings (SSSR count). The van der Waals surface area contributed by atoms with Crippen LogP contribution in [0.25, 0.3) is 0 Å². The number of rotatable bonds is 12. The van der Waals surface area contributed by atoms with Crippen LogP contribution in [0.1, 0.15) is 37.8 Å². The Morgan fingerprint density at radius 1 is 0.656 bits per heavy atom. The maximum atomic E-state index is 5.94. The van der Waals surface area contributed by atoms with Crippen molar-refractivity contribution in [1.29, 1.82) is 0 Å². The molecule has 0 radical (unpaired) electrons. The van der Waals surface area contributed by atoms with Gasteiger partial charge in [-0.05, 0) is 24.0 Å². The Hall–Kier alpha value is -1.02. The van der Waals surface area contributed by atoms with Crippen molar-refractivity contribution in [2.75, 3.05) is 39.6 Å². The molecule has 0 saturated carbocycles. The molecule has 0 aromatic heterocycles. The molecule has 0 N–H and O–H groups in total. The van der Waals surface area contributed by atoms with Crippen LogP contribution in [0, 0.1) is 23.7 Å². The summed E-state index contributed by atoms with van der Waals surface area (Å²) in [4.78, 5) is 0. The Kier molecular flexibility index (Phi) is 7.46. The smallest absolute Gasteiger partial charge is 0.0883 e. The van der Waals surface area contributed by atoms with E-state index in [1.165, 1.54) is 24.0 Å². The maximum absolute atomic E-state index is 5.94. The van der Waals surface area contributed by atoms with Gasteiger partial charge in [0.2, 0.25) is 0 Å². The summed E-state index contributed by atoms with van der Waals surface area (Å²) in [5.41, 5.74) is 2.34. The van der Waals surface area contributed by atoms with E-state index < -0.39 is 0 Å². The van der Waals surface area contributed by atoms with E-state index in [4.69, 9.17) is 28.4 Å². The first-order valence-corrected chi connectivity index (χ1v) is 12.5. The van der Waals surface area contributed by atoms with E-state index in [1.54, 1.807) is 0 Å². The molecule has 4 aliphatic rings. The van der Waals surface area contributed by atoms with Crippen molar-refractivity contribution >= 4 is 0 Å². The number of hydrogen-bond donors (Lipinski definition) is 0. The molecule has 0 spiro atoms. The molecule has 4 heterocycles. The third kappa shape index (κ3) is 4.77. The summed E-state index contributed by atoms with van der Waals surface area (Å²) in [7, 11) is 0. The van der Waals surface area contributed by atoms with Gasteiger partial charge in [-0.1, -0.05) is 38.1 Å². The van der Waals surface area contributed by atoms with E-state index >= 15 is 0 Å². The largest absolute Gasteiger partial charge is 0.377 e. The van der Waals surface area contributed by atoms with Crippen LogP contribution in [0.5, 0.6) is 0 Å². The van der Waals surface area contributed by atoms with Gasteiger partial charge in [-0.15, -0.1) is 0 Å². The zero-order valence-electron chi connectivity index (χ0n) is 19.4. The lowest BCUT2D eigenvalue weighted by Gasteiger charge is -2.49. The molecule has 6 nitrogen and oxygen atoms in total. The Morgan fingerprint density at radius 3 is 1.38 bits per heavy atom. The standard InChI is InChI=1S/C26H38O6/c1-3-19-11-31-25(19)21-13-29-23(21)15-27-9-17-5-7-18(8-6-17)10-28-16-24-22(14-30-24)26-20(4-2)12-32-26/h5-8,19-26H,3-4,9-16H2,1-2H3. The van der Waals surface area contributed by atoms with Crippen molar-refractivity contribution in [1.82, 2.24) is 0 Å². The first-order valence-electron chi connectivity index (χ1n) is 12.5. The maximum Gasteiger partial charge on any atom is 0.0883 e. The topological polar surface area (TPSA) is 55.4 Å². The molecule has 178 valence electrons. The summed E-state index contributed by atoms with van der Waals surface area (Å²) in [5, 5.41) is 0. The third-order valence-electron chi connectivity index (χ3n) is 7.91. The van der Waals surface area contributed by atoms with Crippen LogP contribution in [-0.4, -0.2) is 64.1 Å². The minimum absolute atomic E-state index is 0.178. The van der Waals surface area contributed by atoms with Crippen molar-refractivity contribution in [3.05, 3.63) is 35.4 Å². The van der Waals surface area contributed by atoms with Crippen molar-refractivity contribution in [3.63, 3.8) is 0 Å². The zero-order chi connectivity index (χ0) is 21.9. The number of ether oxygens (including phenoxy) is 6. The summed E-state index contributed by atoms with van der Waals surface area (Å²) in [6.07, 6.45) is 3.48. The molecule has 0 bridgehead atoms. The monoisotopic (exact) mass is 446 g/mol. The Morgan fingerprint density at radius 2 is 1.09 bits per heavy atom. The van der Waals surface area contributed by atoms with Gasteiger partial charge in [-0.3, -0.25) is 0 Å². The van der Waals surface area contributed by atoms with Crippen LogP contribution in [0.3, 0.4) is 0 Å². The number of benzene rings is 1. The average molecular weight is 447 g/mol. The fourth-order valence-electron chi connectivity index (χ4n) is 5.29. The molecule has 1 aromatic rings. The fraction of sp³-hybridized carbons (Fsp3) is 0.769. The first-order chi connectivity index (χ1) is 15.8. The lowest BCUT2D eigenvalue weighted by Crippen LogP contribution is -2.57. The van der Waals surface area contributed by atoms with Crippen LogP contribution >= 0.6 is 0 Å². The highest BCUT2D eigenvalue weighted by molar-refractivity contribution is 5.21. The lowest BCUT2D eigenvalue weighted by atomic mass is 9.80. The van der Waals surface area contributed by atoms with E-state index in [1.807, 2.05) is 0 Å². The predicted molar refractivity (Wildman–Crippen MR) is 119 cm³/mol. The average Bonchev–Trinajstić information content (AvgIpc) is 2.74. The van der Waals surface area contributed by atoms with E-state index in [2.05, 4.69) is 38.1 Å². The van der Waals surface area contributed by atoms with Crippen LogP contribution in [0.2, 0.25) is 0 Å². The second-order valence-corrected chi connectivity index (χ2v) is 9.85. The van der Waals surface area contributed by atoms with Crippen molar-refractivity contribution < 1.29 is 28.4 Å². The predicted octanol–water partition coefficient (Wildman–Crippen LogP) is 3.60. The highest BCUT2D eigenvalue weighted by Gasteiger charge is 2.47. The molecule has 6 heteroatoms. The van der Waals surface area contributed by atoms with Crippen molar-refractivity contribution in [2.24, 2.45) is 23.7 Å². The van der Waals surface area contributed by atoms with Gasteiger partial charge in [-0.2, -0.15) is 0 Å². The molecule has 8 unspecified atom stereocenters. The van der Waals surface area contributed by atoms with Gasteiger partial charge >= 0.3 is 0 Å². The van der Waals surface area contributed by atoms with Gasteiger partial charge in [0.05, 0.1) is 77.3 Å². The first kappa shape index (κ1) is 22.8. The summed E-state index contributed by atoms with van der Waals surface area (Å²) in [5.74, 6) is 2.39. The van der Waals surface area contributed by atoms with E-state index in [0.29, 0.717) is 62.3 Å². The molecule has 0 aliphatic carbocycles. The minimum Gasteiger partial charge on any atom is -0.377 e. The minimum atomic E-state index is 0.178. The van der Waals surface area contributed by atoms with Gasteiger partial charge in [0.15, 0.2) is 0 Å². The quantitative estimate of drug-likeness (QED) is 0.489. The van der Waals surface area contributed by atoms with Gasteiger partial charge in [0, 0.05) is 23.7 Å². The molecular weight excluding hydrogens is 408 g/mol. The summed E-state index contributed by atoms with van der Waals surface area (Å²) >= 11 is 0. The highest BCUT2D eigenvalue weighted by Crippen LogP contribution is 2.38. The summed E-state index contributed by atoms with van der Waals surface area (Å²) < 4.78 is 34.9. The Labute approximate surface area is 191 Å². The fourth-order valence-corrected chi connectivity index (χ4v) is 5.29. The molecule has 4 saturated heterocycles. The van der Waals surface area contributed by atoms with Crippen molar-refractivity contribution in [3.8, 4) is 0 Å². The van der Waals surface area contributed by atoms with Gasteiger partial charge in [0.1, 0.15) is 0 Å². The van der Waals surface area contributed by atoms with Crippen molar-refractivity contribution in [2.45, 2.75) is 64.3 Å². The van der Waals surface area contributed by atoms with Crippen LogP contribution in [0.4, 0.5) is 0 Å². The van der Waals surface area contributed by atoms with Crippen LogP contribution < -0.4 is 0 Å². The molecule has 32 heavy (non-hydrogen) atoms. The Balaban J connectivity index is 0.977. The number of hydrogen-bond acceptors (Lipinski definition) is 6. The van der Waals surface area contributed by atoms with Gasteiger partial charge in [0.25, 0.3) is 0 Å². The molecular formula is C26H38O6. The summed E-state index contributed by atoms with van der Waals surface area (Å²) in [6, 6.07) is 8.49. The molecule has 1 aromatic carbocycles. The van der Waals surface area contributed by atoms with Gasteiger partial charge < -0.3 is 28.4 Å². The molecule has 4 fully saturated rings. The van der Waals surface area contributed by atoms with E-state index in [9.17, 15) is 0 Å². The SMILES string of the molecule is CCC1COC1C1COC1COCc1ccc(COCC2OCC2C2OCC2CC)cc1. The van der Waals surface area contributed by atoms with E-state index in [0.717, 1.165) is 26.4 Å². The van der Waals surface area contributed by atoms with Gasteiger partial charge in [-0.25, -0.2) is 0 Å². The summed E-state index contributed by atoms with van der Waals surface area (Å²) in [6.45, 7) is 10.4. The van der Waals surface area contributed by atoms with Crippen LogP contribution in [0.15, 0.2) is 24.3 Å². The zero-order valence-corrected chi connectivity index (χ0v) is 19.4. The second-order valence-electron chi connectivity index (χ2n) is 9.85. The lowest BCUT2D eigenvalue weighted by molar-refractivity contribution is -0.245. The Bertz CT molecular complexity index is 659. The molecule has 0 amide bonds. The second kappa shape index (κ2) is 10.5.